The lowest BCUT2D eigenvalue weighted by Gasteiger charge is -2.30. The largest absolute Gasteiger partial charge is 0.466 e. The number of aliphatic hydroxyl groups is 1. The van der Waals surface area contributed by atoms with Crippen LogP contribution in [0.3, 0.4) is 0 Å². The second kappa shape index (κ2) is 20.1. The molecule has 3 fully saturated rings. The van der Waals surface area contributed by atoms with Gasteiger partial charge in [0, 0.05) is 38.4 Å². The normalized spacial score (nSPS) is 29.2. The van der Waals surface area contributed by atoms with Gasteiger partial charge in [-0.05, 0) is 70.1 Å². The van der Waals surface area contributed by atoms with Gasteiger partial charge in [-0.2, -0.15) is 0 Å². The van der Waals surface area contributed by atoms with E-state index in [1.165, 1.54) is 6.08 Å². The van der Waals surface area contributed by atoms with Gasteiger partial charge in [-0.15, -0.1) is 0 Å². The Hall–Kier alpha value is -1.13. The van der Waals surface area contributed by atoms with Crippen molar-refractivity contribution >= 4 is 5.97 Å². The van der Waals surface area contributed by atoms with Crippen LogP contribution in [0.25, 0.3) is 0 Å². The monoisotopic (exact) mass is 616 g/mol. The predicted octanol–water partition coefficient (Wildman–Crippen LogP) is 7.87. The molecule has 0 aromatic carbocycles. The molecule has 7 nitrogen and oxygen atoms in total. The minimum atomic E-state index is -3.17. The van der Waals surface area contributed by atoms with E-state index in [1.807, 2.05) is 6.92 Å². The SMILES string of the molecule is CCCCOC(=O)CCCCCC[C@@H]1[C@@H](/C=C/C(O)C(F)(F)CCCC)[C@H](OC2CCCCO2)C[C@@H]1OC1CCCCO1. The molecular weight excluding hydrogens is 558 g/mol. The fourth-order valence-electron chi connectivity index (χ4n) is 6.40. The molecule has 3 rings (SSSR count). The first-order chi connectivity index (χ1) is 20.8. The maximum atomic E-state index is 14.7. The van der Waals surface area contributed by atoms with Crippen molar-refractivity contribution in [2.75, 3.05) is 19.8 Å². The molecular formula is C34H58F2O7. The van der Waals surface area contributed by atoms with E-state index < -0.39 is 12.0 Å². The molecule has 9 heteroatoms. The Morgan fingerprint density at radius 3 is 2.19 bits per heavy atom. The van der Waals surface area contributed by atoms with E-state index in [-0.39, 0.29) is 49.0 Å². The van der Waals surface area contributed by atoms with Crippen molar-refractivity contribution in [1.29, 1.82) is 0 Å². The molecule has 2 saturated heterocycles. The summed E-state index contributed by atoms with van der Waals surface area (Å²) >= 11 is 0. The van der Waals surface area contributed by atoms with Crippen LogP contribution in [0, 0.1) is 11.8 Å². The maximum Gasteiger partial charge on any atom is 0.305 e. The standard InChI is InChI=1S/C34H58F2O7/c1-3-5-21-34(35,36)30(37)20-19-27-26(15-9-7-8-10-16-31(38)39-22-6-4-2)28(42-32-17-11-13-23-40-32)25-29(27)43-33-18-12-14-24-41-33/h19-20,26-30,32-33,37H,3-18,21-25H2,1-2H3/b20-19+/t26-,27-,28+,29-,30?,32?,33?/m1/s1. The molecule has 7 atom stereocenters. The van der Waals surface area contributed by atoms with E-state index in [9.17, 15) is 18.7 Å². The molecule has 0 aromatic heterocycles. The molecule has 3 unspecified atom stereocenters. The Morgan fingerprint density at radius 1 is 0.907 bits per heavy atom. The number of ether oxygens (including phenoxy) is 5. The van der Waals surface area contributed by atoms with E-state index in [0.717, 1.165) is 83.5 Å². The van der Waals surface area contributed by atoms with Crippen LogP contribution in [0.4, 0.5) is 8.78 Å². The van der Waals surface area contributed by atoms with Gasteiger partial charge in [0.25, 0.3) is 5.92 Å². The van der Waals surface area contributed by atoms with Crippen LogP contribution in [-0.4, -0.2) is 67.7 Å². The van der Waals surface area contributed by atoms with Gasteiger partial charge in [0.15, 0.2) is 12.6 Å². The van der Waals surface area contributed by atoms with Gasteiger partial charge in [0.1, 0.15) is 6.10 Å². The molecule has 43 heavy (non-hydrogen) atoms. The number of carbonyl (C=O) groups is 1. The molecule has 2 aliphatic heterocycles. The summed E-state index contributed by atoms with van der Waals surface area (Å²) in [5.41, 5.74) is 0. The summed E-state index contributed by atoms with van der Waals surface area (Å²) in [6, 6.07) is 0. The fraction of sp³-hybridized carbons (Fsp3) is 0.912. The highest BCUT2D eigenvalue weighted by molar-refractivity contribution is 5.69. The van der Waals surface area contributed by atoms with Crippen molar-refractivity contribution < 1.29 is 42.4 Å². The fourth-order valence-corrected chi connectivity index (χ4v) is 6.40. The number of halogens is 2. The molecule has 0 aromatic rings. The highest BCUT2D eigenvalue weighted by atomic mass is 19.3. The van der Waals surface area contributed by atoms with E-state index in [2.05, 4.69) is 6.92 Å². The van der Waals surface area contributed by atoms with E-state index in [0.29, 0.717) is 45.5 Å². The maximum absolute atomic E-state index is 14.7. The number of hydrogen-bond donors (Lipinski definition) is 1. The Morgan fingerprint density at radius 2 is 1.56 bits per heavy atom. The first-order valence-electron chi connectivity index (χ1n) is 17.3. The molecule has 1 saturated carbocycles. The van der Waals surface area contributed by atoms with Gasteiger partial charge in [0.05, 0.1) is 18.8 Å². The molecule has 0 spiro atoms. The number of carbonyl (C=O) groups excluding carboxylic acids is 1. The predicted molar refractivity (Wildman–Crippen MR) is 162 cm³/mol. The summed E-state index contributed by atoms with van der Waals surface area (Å²) in [5.74, 6) is -3.46. The van der Waals surface area contributed by atoms with Gasteiger partial charge >= 0.3 is 5.97 Å². The number of esters is 1. The molecule has 250 valence electrons. The van der Waals surface area contributed by atoms with Crippen LogP contribution in [0.15, 0.2) is 12.2 Å². The lowest BCUT2D eigenvalue weighted by Crippen LogP contribution is -2.33. The minimum Gasteiger partial charge on any atom is -0.466 e. The second-order valence-electron chi connectivity index (χ2n) is 12.6. The Bertz CT molecular complexity index is 783. The van der Waals surface area contributed by atoms with Crippen molar-refractivity contribution in [3.8, 4) is 0 Å². The van der Waals surface area contributed by atoms with E-state index in [1.54, 1.807) is 6.08 Å². The smallest absolute Gasteiger partial charge is 0.305 e. The van der Waals surface area contributed by atoms with Crippen LogP contribution in [0.1, 0.15) is 129 Å². The van der Waals surface area contributed by atoms with Crippen molar-refractivity contribution in [1.82, 2.24) is 0 Å². The van der Waals surface area contributed by atoms with E-state index in [4.69, 9.17) is 23.7 Å². The number of unbranched alkanes of at least 4 members (excludes halogenated alkanes) is 5. The Balaban J connectivity index is 1.66. The summed E-state index contributed by atoms with van der Waals surface area (Å²) in [5, 5.41) is 10.5. The van der Waals surface area contributed by atoms with Crippen LogP contribution < -0.4 is 0 Å². The average molecular weight is 617 g/mol. The molecule has 1 N–H and O–H groups in total. The minimum absolute atomic E-state index is 0.0332. The number of rotatable bonds is 20. The zero-order chi connectivity index (χ0) is 30.9. The number of alkyl halides is 2. The van der Waals surface area contributed by atoms with Gasteiger partial charge in [-0.3, -0.25) is 4.79 Å². The van der Waals surface area contributed by atoms with Crippen LogP contribution in [-0.2, 0) is 28.5 Å². The molecule has 2 heterocycles. The second-order valence-corrected chi connectivity index (χ2v) is 12.6. The number of hydrogen-bond acceptors (Lipinski definition) is 7. The third-order valence-electron chi connectivity index (χ3n) is 9.04. The van der Waals surface area contributed by atoms with Crippen LogP contribution >= 0.6 is 0 Å². The van der Waals surface area contributed by atoms with Crippen LogP contribution in [0.2, 0.25) is 0 Å². The molecule has 0 bridgehead atoms. The van der Waals surface area contributed by atoms with Crippen LogP contribution in [0.5, 0.6) is 0 Å². The van der Waals surface area contributed by atoms with Crippen molar-refractivity contribution in [3.05, 3.63) is 12.2 Å². The quantitative estimate of drug-likeness (QED) is 0.0847. The number of aliphatic hydroxyl groups excluding tert-OH is 1. The Kier molecular flexibility index (Phi) is 17.0. The summed E-state index contributed by atoms with van der Waals surface area (Å²) in [7, 11) is 0. The van der Waals surface area contributed by atoms with Gasteiger partial charge < -0.3 is 28.8 Å². The molecule has 0 radical (unpaired) electrons. The zero-order valence-corrected chi connectivity index (χ0v) is 26.7. The van der Waals surface area contributed by atoms with Crippen molar-refractivity contribution in [2.24, 2.45) is 11.8 Å². The molecule has 1 aliphatic carbocycles. The van der Waals surface area contributed by atoms with Crippen molar-refractivity contribution in [3.63, 3.8) is 0 Å². The molecule has 0 amide bonds. The first-order valence-corrected chi connectivity index (χ1v) is 17.3. The molecule has 3 aliphatic rings. The summed E-state index contributed by atoms with van der Waals surface area (Å²) in [6.07, 6.45) is 14.1. The van der Waals surface area contributed by atoms with Gasteiger partial charge in [0.2, 0.25) is 0 Å². The van der Waals surface area contributed by atoms with Crippen molar-refractivity contribution in [2.45, 2.75) is 166 Å². The van der Waals surface area contributed by atoms with E-state index >= 15 is 0 Å². The lowest BCUT2D eigenvalue weighted by molar-refractivity contribution is -0.204. The average Bonchev–Trinajstić information content (AvgIpc) is 3.32. The highest BCUT2D eigenvalue weighted by Gasteiger charge is 2.46. The van der Waals surface area contributed by atoms with Gasteiger partial charge in [-0.1, -0.05) is 58.1 Å². The third kappa shape index (κ3) is 13.0. The topological polar surface area (TPSA) is 83.5 Å². The first kappa shape index (κ1) is 36.3. The summed E-state index contributed by atoms with van der Waals surface area (Å²) in [6.45, 7) is 5.77. The lowest BCUT2D eigenvalue weighted by atomic mass is 9.87. The van der Waals surface area contributed by atoms with Gasteiger partial charge in [-0.25, -0.2) is 8.78 Å². The Labute approximate surface area is 258 Å². The zero-order valence-electron chi connectivity index (χ0n) is 26.7. The summed E-state index contributed by atoms with van der Waals surface area (Å²) in [4.78, 5) is 11.9. The third-order valence-corrected chi connectivity index (χ3v) is 9.04. The highest BCUT2D eigenvalue weighted by Crippen LogP contribution is 2.43. The summed E-state index contributed by atoms with van der Waals surface area (Å²) < 4.78 is 59.4.